The lowest BCUT2D eigenvalue weighted by atomic mass is 10.2. The van der Waals surface area contributed by atoms with Gasteiger partial charge < -0.3 is 14.9 Å². The van der Waals surface area contributed by atoms with Gasteiger partial charge in [-0.2, -0.15) is 0 Å². The molecule has 0 aromatic rings. The molecule has 2 amide bonds. The summed E-state index contributed by atoms with van der Waals surface area (Å²) in [4.78, 5) is 24.7. The predicted octanol–water partition coefficient (Wildman–Crippen LogP) is 1.24. The van der Waals surface area contributed by atoms with Crippen molar-refractivity contribution in [3.05, 3.63) is 0 Å². The second-order valence-electron chi connectivity index (χ2n) is 3.66. The highest BCUT2D eigenvalue weighted by atomic mass is 16.4. The molecule has 0 rings (SSSR count). The third-order valence-corrected chi connectivity index (χ3v) is 2.12. The second kappa shape index (κ2) is 7.09. The predicted molar refractivity (Wildman–Crippen MR) is 57.8 cm³/mol. The van der Waals surface area contributed by atoms with Crippen LogP contribution in [0.15, 0.2) is 0 Å². The van der Waals surface area contributed by atoms with Crippen LogP contribution in [0, 0.1) is 0 Å². The van der Waals surface area contributed by atoms with E-state index < -0.39 is 5.97 Å². The SMILES string of the molecule is CCCCCN(C)C(=O)N(C)CC(=O)O. The van der Waals surface area contributed by atoms with Crippen molar-refractivity contribution in [1.29, 1.82) is 0 Å². The third-order valence-electron chi connectivity index (χ3n) is 2.12. The lowest BCUT2D eigenvalue weighted by molar-refractivity contribution is -0.137. The molecular formula is C10H20N2O3. The van der Waals surface area contributed by atoms with Crippen molar-refractivity contribution in [2.24, 2.45) is 0 Å². The van der Waals surface area contributed by atoms with Gasteiger partial charge in [-0.05, 0) is 6.42 Å². The van der Waals surface area contributed by atoms with E-state index in [0.717, 1.165) is 19.3 Å². The summed E-state index contributed by atoms with van der Waals surface area (Å²) in [6.45, 7) is 2.52. The summed E-state index contributed by atoms with van der Waals surface area (Å²) in [5, 5.41) is 8.52. The van der Waals surface area contributed by atoms with Gasteiger partial charge in [0, 0.05) is 20.6 Å². The maximum absolute atomic E-state index is 11.6. The molecule has 0 bridgehead atoms. The number of urea groups is 1. The van der Waals surface area contributed by atoms with E-state index in [1.165, 1.54) is 11.9 Å². The molecule has 88 valence electrons. The molecule has 0 saturated carbocycles. The molecule has 0 aliphatic carbocycles. The topological polar surface area (TPSA) is 60.9 Å². The van der Waals surface area contributed by atoms with Gasteiger partial charge in [0.1, 0.15) is 6.54 Å². The Hall–Kier alpha value is -1.26. The summed E-state index contributed by atoms with van der Waals surface area (Å²) in [7, 11) is 3.18. The highest BCUT2D eigenvalue weighted by Crippen LogP contribution is 1.99. The van der Waals surface area contributed by atoms with Crippen LogP contribution in [-0.4, -0.2) is 54.1 Å². The van der Waals surface area contributed by atoms with E-state index in [4.69, 9.17) is 5.11 Å². The molecule has 15 heavy (non-hydrogen) atoms. The number of hydrogen-bond acceptors (Lipinski definition) is 2. The Kier molecular flexibility index (Phi) is 6.49. The average Bonchev–Trinajstić information content (AvgIpc) is 2.15. The molecule has 5 heteroatoms. The third kappa shape index (κ3) is 5.93. The normalized spacial score (nSPS) is 9.80. The molecule has 0 spiro atoms. The fourth-order valence-corrected chi connectivity index (χ4v) is 1.26. The maximum atomic E-state index is 11.6. The van der Waals surface area contributed by atoms with Crippen molar-refractivity contribution in [1.82, 2.24) is 9.80 Å². The van der Waals surface area contributed by atoms with Crippen LogP contribution < -0.4 is 0 Å². The summed E-state index contributed by atoms with van der Waals surface area (Å²) in [5.41, 5.74) is 0. The maximum Gasteiger partial charge on any atom is 0.323 e. The lowest BCUT2D eigenvalue weighted by Gasteiger charge is -2.23. The molecule has 0 saturated heterocycles. The van der Waals surface area contributed by atoms with Crippen LogP contribution in [0.3, 0.4) is 0 Å². The first-order chi connectivity index (χ1) is 6.99. The van der Waals surface area contributed by atoms with Gasteiger partial charge in [-0.15, -0.1) is 0 Å². The van der Waals surface area contributed by atoms with E-state index in [9.17, 15) is 9.59 Å². The van der Waals surface area contributed by atoms with Crippen LogP contribution in [0.4, 0.5) is 4.79 Å². The molecular weight excluding hydrogens is 196 g/mol. The first kappa shape index (κ1) is 13.7. The smallest absolute Gasteiger partial charge is 0.323 e. The number of carbonyl (C=O) groups is 2. The molecule has 0 radical (unpaired) electrons. The number of amides is 2. The highest BCUT2D eigenvalue weighted by molar-refractivity contribution is 5.79. The van der Waals surface area contributed by atoms with Crippen molar-refractivity contribution in [2.75, 3.05) is 27.2 Å². The summed E-state index contributed by atoms with van der Waals surface area (Å²) in [6, 6.07) is -0.242. The first-order valence-corrected chi connectivity index (χ1v) is 5.17. The van der Waals surface area contributed by atoms with Gasteiger partial charge in [-0.25, -0.2) is 4.79 Å². The van der Waals surface area contributed by atoms with Crippen LogP contribution in [-0.2, 0) is 4.79 Å². The van der Waals surface area contributed by atoms with Crippen LogP contribution in [0.25, 0.3) is 0 Å². The highest BCUT2D eigenvalue weighted by Gasteiger charge is 2.15. The van der Waals surface area contributed by atoms with Gasteiger partial charge >= 0.3 is 12.0 Å². The van der Waals surface area contributed by atoms with Crippen molar-refractivity contribution in [2.45, 2.75) is 26.2 Å². The summed E-state index contributed by atoms with van der Waals surface area (Å²) < 4.78 is 0. The Balaban J connectivity index is 3.90. The van der Waals surface area contributed by atoms with Gasteiger partial charge in [0.25, 0.3) is 0 Å². The summed E-state index contributed by atoms with van der Waals surface area (Å²) >= 11 is 0. The molecule has 0 heterocycles. The minimum Gasteiger partial charge on any atom is -0.480 e. The minimum absolute atomic E-state index is 0.242. The van der Waals surface area contributed by atoms with Crippen LogP contribution in [0.2, 0.25) is 0 Å². The number of carboxylic acid groups (broad SMARTS) is 1. The molecule has 5 nitrogen and oxygen atoms in total. The number of rotatable bonds is 6. The van der Waals surface area contributed by atoms with Gasteiger partial charge in [0.05, 0.1) is 0 Å². The number of unbranched alkanes of at least 4 members (excludes halogenated alkanes) is 2. The molecule has 0 aromatic heterocycles. The number of carboxylic acids is 1. The van der Waals surface area contributed by atoms with E-state index in [2.05, 4.69) is 6.92 Å². The van der Waals surface area contributed by atoms with Crippen molar-refractivity contribution >= 4 is 12.0 Å². The van der Waals surface area contributed by atoms with Crippen molar-refractivity contribution in [3.63, 3.8) is 0 Å². The number of carbonyl (C=O) groups excluding carboxylic acids is 1. The Morgan fingerprint density at radius 2 is 1.73 bits per heavy atom. The molecule has 0 unspecified atom stereocenters. The zero-order valence-corrected chi connectivity index (χ0v) is 9.69. The standard InChI is InChI=1S/C10H20N2O3/c1-4-5-6-7-11(2)10(15)12(3)8-9(13)14/h4-8H2,1-3H3,(H,13,14). The van der Waals surface area contributed by atoms with E-state index in [0.29, 0.717) is 6.54 Å². The molecule has 1 N–H and O–H groups in total. The van der Waals surface area contributed by atoms with Crippen molar-refractivity contribution in [3.8, 4) is 0 Å². The molecule has 0 aliphatic heterocycles. The zero-order valence-electron chi connectivity index (χ0n) is 9.69. The van der Waals surface area contributed by atoms with Gasteiger partial charge in [0.15, 0.2) is 0 Å². The summed E-state index contributed by atoms with van der Waals surface area (Å²) in [6.07, 6.45) is 3.15. The van der Waals surface area contributed by atoms with Crippen molar-refractivity contribution < 1.29 is 14.7 Å². The number of nitrogens with zero attached hydrogens (tertiary/aromatic N) is 2. The fraction of sp³-hybridized carbons (Fsp3) is 0.800. The van der Waals surface area contributed by atoms with E-state index in [-0.39, 0.29) is 12.6 Å². The van der Waals surface area contributed by atoms with Gasteiger partial charge in [0.2, 0.25) is 0 Å². The zero-order chi connectivity index (χ0) is 11.8. The van der Waals surface area contributed by atoms with Crippen LogP contribution >= 0.6 is 0 Å². The average molecular weight is 216 g/mol. The monoisotopic (exact) mass is 216 g/mol. The summed E-state index contributed by atoms with van der Waals surface area (Å²) in [5.74, 6) is -0.993. The Labute approximate surface area is 90.7 Å². The largest absolute Gasteiger partial charge is 0.480 e. The van der Waals surface area contributed by atoms with Crippen LogP contribution in [0.1, 0.15) is 26.2 Å². The van der Waals surface area contributed by atoms with E-state index in [1.54, 1.807) is 11.9 Å². The lowest BCUT2D eigenvalue weighted by Crippen LogP contribution is -2.41. The Morgan fingerprint density at radius 1 is 1.13 bits per heavy atom. The number of aliphatic carboxylic acids is 1. The number of likely N-dealkylation sites (N-methyl/N-ethyl adjacent to an activating group) is 1. The minimum atomic E-state index is -0.993. The van der Waals surface area contributed by atoms with Gasteiger partial charge in [-0.3, -0.25) is 4.79 Å². The van der Waals surface area contributed by atoms with E-state index >= 15 is 0 Å². The quantitative estimate of drug-likeness (QED) is 0.680. The number of hydrogen-bond donors (Lipinski definition) is 1. The van der Waals surface area contributed by atoms with E-state index in [1.807, 2.05) is 0 Å². The van der Waals surface area contributed by atoms with Gasteiger partial charge in [-0.1, -0.05) is 19.8 Å². The Morgan fingerprint density at radius 3 is 2.20 bits per heavy atom. The van der Waals surface area contributed by atoms with Crippen LogP contribution in [0.5, 0.6) is 0 Å². The first-order valence-electron chi connectivity index (χ1n) is 5.17. The molecule has 0 atom stereocenters. The molecule has 0 aromatic carbocycles. The molecule has 0 fully saturated rings. The fourth-order valence-electron chi connectivity index (χ4n) is 1.26. The second-order valence-corrected chi connectivity index (χ2v) is 3.66. The molecule has 0 aliphatic rings. The Bertz CT molecular complexity index is 219.